The molecule has 0 saturated heterocycles. The number of aliphatic hydroxyl groups excluding tert-OH is 1. The van der Waals surface area contributed by atoms with E-state index in [0.29, 0.717) is 6.54 Å². The lowest BCUT2D eigenvalue weighted by Gasteiger charge is -2.15. The van der Waals surface area contributed by atoms with Gasteiger partial charge in [0.05, 0.1) is 5.69 Å². The van der Waals surface area contributed by atoms with E-state index in [1.54, 1.807) is 10.5 Å². The molecule has 2 rings (SSSR count). The molecule has 0 saturated carbocycles. The molecule has 0 fully saturated rings. The molecule has 2 heterocycles. The van der Waals surface area contributed by atoms with E-state index < -0.39 is 0 Å². The third-order valence-electron chi connectivity index (χ3n) is 3.26. The van der Waals surface area contributed by atoms with Gasteiger partial charge in [-0.3, -0.25) is 9.20 Å². The Morgan fingerprint density at radius 1 is 1.40 bits per heavy atom. The molecule has 0 atom stereocenters. The molecule has 2 aromatic rings. The molecule has 0 bridgehead atoms. The van der Waals surface area contributed by atoms with Crippen LogP contribution in [0.2, 0.25) is 0 Å². The molecule has 110 valence electrons. The first-order valence-corrected chi connectivity index (χ1v) is 7.76. The highest BCUT2D eigenvalue weighted by atomic mass is 32.1. The minimum absolute atomic E-state index is 0.00238. The Kier molecular flexibility index (Phi) is 5.28. The lowest BCUT2D eigenvalue weighted by molar-refractivity contribution is 0.270. The highest BCUT2D eigenvalue weighted by molar-refractivity contribution is 7.15. The predicted octanol–water partition coefficient (Wildman–Crippen LogP) is 1.66. The van der Waals surface area contributed by atoms with Crippen LogP contribution in [-0.2, 0) is 6.54 Å². The fraction of sp³-hybridized carbons (Fsp3) is 0.571. The number of rotatable bonds is 7. The molecule has 0 radical (unpaired) electrons. The Hall–Kier alpha value is -1.24. The predicted molar refractivity (Wildman–Crippen MR) is 81.3 cm³/mol. The standard InChI is InChI=1S/C14H21N3O2S/c1-11-10-20-14-15-12(8-13(19)17(11)14)9-16(2)6-4-3-5-7-18/h8,10,18H,3-7,9H2,1-2H3. The van der Waals surface area contributed by atoms with Gasteiger partial charge in [-0.15, -0.1) is 11.3 Å². The summed E-state index contributed by atoms with van der Waals surface area (Å²) in [6, 6.07) is 1.62. The van der Waals surface area contributed by atoms with Crippen molar-refractivity contribution in [3.63, 3.8) is 0 Å². The lowest BCUT2D eigenvalue weighted by Crippen LogP contribution is -2.22. The summed E-state index contributed by atoms with van der Waals surface area (Å²) in [5.74, 6) is 0. The Morgan fingerprint density at radius 2 is 2.20 bits per heavy atom. The molecule has 0 aromatic carbocycles. The minimum Gasteiger partial charge on any atom is -0.396 e. The van der Waals surface area contributed by atoms with Crippen LogP contribution >= 0.6 is 11.3 Å². The van der Waals surface area contributed by atoms with Gasteiger partial charge in [0.15, 0.2) is 4.96 Å². The summed E-state index contributed by atoms with van der Waals surface area (Å²) in [6.07, 6.45) is 2.93. The van der Waals surface area contributed by atoms with Gasteiger partial charge in [-0.25, -0.2) is 4.98 Å². The van der Waals surface area contributed by atoms with E-state index >= 15 is 0 Å². The quantitative estimate of drug-likeness (QED) is 0.789. The second kappa shape index (κ2) is 6.97. The number of thiazole rings is 1. The Balaban J connectivity index is 2.01. The van der Waals surface area contributed by atoms with Crippen molar-refractivity contribution in [3.05, 3.63) is 33.2 Å². The van der Waals surface area contributed by atoms with Crippen LogP contribution in [-0.4, -0.2) is 39.6 Å². The third kappa shape index (κ3) is 3.65. The van der Waals surface area contributed by atoms with Gasteiger partial charge in [-0.05, 0) is 39.8 Å². The lowest BCUT2D eigenvalue weighted by atomic mass is 10.2. The zero-order chi connectivity index (χ0) is 14.5. The van der Waals surface area contributed by atoms with Crippen molar-refractivity contribution in [3.8, 4) is 0 Å². The molecule has 5 nitrogen and oxygen atoms in total. The summed E-state index contributed by atoms with van der Waals surface area (Å²) in [5, 5.41) is 10.7. The summed E-state index contributed by atoms with van der Waals surface area (Å²) in [4.78, 5) is 19.5. The fourth-order valence-corrected chi connectivity index (χ4v) is 3.10. The number of aryl methyl sites for hydroxylation is 1. The van der Waals surface area contributed by atoms with Crippen LogP contribution in [0.3, 0.4) is 0 Å². The van der Waals surface area contributed by atoms with Crippen molar-refractivity contribution < 1.29 is 5.11 Å². The van der Waals surface area contributed by atoms with Gasteiger partial charge in [0.2, 0.25) is 0 Å². The topological polar surface area (TPSA) is 57.8 Å². The molecule has 20 heavy (non-hydrogen) atoms. The maximum atomic E-state index is 12.0. The number of hydrogen-bond donors (Lipinski definition) is 1. The molecular formula is C14H21N3O2S. The first kappa shape index (κ1) is 15.2. The first-order valence-electron chi connectivity index (χ1n) is 6.88. The van der Waals surface area contributed by atoms with Crippen molar-refractivity contribution in [2.75, 3.05) is 20.2 Å². The van der Waals surface area contributed by atoms with E-state index in [2.05, 4.69) is 9.88 Å². The first-order chi connectivity index (χ1) is 9.61. The van der Waals surface area contributed by atoms with Crippen LogP contribution in [0.4, 0.5) is 0 Å². The number of fused-ring (bicyclic) bond motifs is 1. The van der Waals surface area contributed by atoms with E-state index in [1.165, 1.54) is 11.3 Å². The van der Waals surface area contributed by atoms with Crippen molar-refractivity contribution >= 4 is 16.3 Å². The molecular weight excluding hydrogens is 274 g/mol. The van der Waals surface area contributed by atoms with E-state index in [9.17, 15) is 4.79 Å². The van der Waals surface area contributed by atoms with Gasteiger partial charge >= 0.3 is 0 Å². The van der Waals surface area contributed by atoms with Crippen molar-refractivity contribution in [1.82, 2.24) is 14.3 Å². The van der Waals surface area contributed by atoms with Crippen molar-refractivity contribution in [2.24, 2.45) is 0 Å². The second-order valence-electron chi connectivity index (χ2n) is 5.10. The van der Waals surface area contributed by atoms with Gasteiger partial charge in [0.25, 0.3) is 5.56 Å². The number of unbranched alkanes of at least 4 members (excludes halogenated alkanes) is 2. The number of aliphatic hydroxyl groups is 1. The maximum absolute atomic E-state index is 12.0. The SMILES string of the molecule is Cc1csc2nc(CN(C)CCCCCO)cc(=O)n12. The Bertz CT molecular complexity index is 620. The van der Waals surface area contributed by atoms with Crippen LogP contribution < -0.4 is 5.56 Å². The van der Waals surface area contributed by atoms with Crippen molar-refractivity contribution in [1.29, 1.82) is 0 Å². The summed E-state index contributed by atoms with van der Waals surface area (Å²) >= 11 is 1.50. The van der Waals surface area contributed by atoms with E-state index in [0.717, 1.165) is 42.2 Å². The van der Waals surface area contributed by atoms with Gasteiger partial charge in [-0.1, -0.05) is 0 Å². The average Bonchev–Trinajstić information content (AvgIpc) is 2.77. The third-order valence-corrected chi connectivity index (χ3v) is 4.20. The van der Waals surface area contributed by atoms with Gasteiger partial charge in [0, 0.05) is 30.3 Å². The van der Waals surface area contributed by atoms with E-state index in [4.69, 9.17) is 5.11 Å². The summed E-state index contributed by atoms with van der Waals surface area (Å²) in [7, 11) is 2.03. The Morgan fingerprint density at radius 3 is 2.95 bits per heavy atom. The number of hydrogen-bond acceptors (Lipinski definition) is 5. The minimum atomic E-state index is -0.00238. The molecule has 0 aliphatic rings. The van der Waals surface area contributed by atoms with E-state index in [1.807, 2.05) is 19.4 Å². The number of nitrogens with zero attached hydrogens (tertiary/aromatic N) is 3. The molecule has 1 N–H and O–H groups in total. The van der Waals surface area contributed by atoms with Gasteiger partial charge in [-0.2, -0.15) is 0 Å². The summed E-state index contributed by atoms with van der Waals surface area (Å²) < 4.78 is 1.65. The van der Waals surface area contributed by atoms with Crippen LogP contribution in [0.5, 0.6) is 0 Å². The van der Waals surface area contributed by atoms with Gasteiger partial charge in [0.1, 0.15) is 0 Å². The van der Waals surface area contributed by atoms with Crippen LogP contribution in [0.1, 0.15) is 30.7 Å². The highest BCUT2D eigenvalue weighted by Gasteiger charge is 2.08. The molecule has 0 aliphatic carbocycles. The normalized spacial score (nSPS) is 11.6. The molecule has 0 aliphatic heterocycles. The van der Waals surface area contributed by atoms with Crippen LogP contribution in [0, 0.1) is 6.92 Å². The average molecular weight is 295 g/mol. The fourth-order valence-electron chi connectivity index (χ4n) is 2.21. The second-order valence-corrected chi connectivity index (χ2v) is 5.94. The highest BCUT2D eigenvalue weighted by Crippen LogP contribution is 2.12. The number of aromatic nitrogens is 2. The molecule has 2 aromatic heterocycles. The molecule has 0 spiro atoms. The molecule has 0 amide bonds. The summed E-state index contributed by atoms with van der Waals surface area (Å²) in [5.41, 5.74) is 1.75. The maximum Gasteiger partial charge on any atom is 0.259 e. The Labute approximate surface area is 122 Å². The zero-order valence-electron chi connectivity index (χ0n) is 12.0. The van der Waals surface area contributed by atoms with Crippen molar-refractivity contribution in [2.45, 2.75) is 32.7 Å². The van der Waals surface area contributed by atoms with Crippen LogP contribution in [0.15, 0.2) is 16.2 Å². The van der Waals surface area contributed by atoms with E-state index in [-0.39, 0.29) is 12.2 Å². The summed E-state index contributed by atoms with van der Waals surface area (Å²) in [6.45, 7) is 3.81. The molecule has 6 heteroatoms. The molecule has 0 unspecified atom stereocenters. The van der Waals surface area contributed by atoms with Gasteiger partial charge < -0.3 is 10.0 Å². The zero-order valence-corrected chi connectivity index (χ0v) is 12.8. The van der Waals surface area contributed by atoms with Crippen LogP contribution in [0.25, 0.3) is 4.96 Å². The largest absolute Gasteiger partial charge is 0.396 e. The smallest absolute Gasteiger partial charge is 0.259 e. The monoisotopic (exact) mass is 295 g/mol.